The molecule has 2 fully saturated rings. The summed E-state index contributed by atoms with van der Waals surface area (Å²) in [4.78, 5) is 4.53. The third kappa shape index (κ3) is 3.17. The minimum Gasteiger partial charge on any atom is -0.369 e. The molecule has 1 aliphatic heterocycles. The molecule has 0 radical (unpaired) electrons. The summed E-state index contributed by atoms with van der Waals surface area (Å²) in [7, 11) is 0. The molecule has 2 aliphatic rings. The van der Waals surface area contributed by atoms with Crippen molar-refractivity contribution < 1.29 is 4.39 Å². The van der Waals surface area contributed by atoms with Crippen LogP contribution in [0.3, 0.4) is 0 Å². The molecule has 1 atom stereocenters. The first-order valence-electron chi connectivity index (χ1n) is 7.54. The second-order valence-corrected chi connectivity index (χ2v) is 6.17. The lowest BCUT2D eigenvalue weighted by atomic mass is 9.95. The summed E-state index contributed by atoms with van der Waals surface area (Å²) in [5.41, 5.74) is 6.61. The van der Waals surface area contributed by atoms with Crippen LogP contribution in [-0.2, 0) is 0 Å². The predicted molar refractivity (Wildman–Crippen MR) is 80.3 cm³/mol. The SMILES string of the molecule is N#CC(N)(CN1CCN(c2ccc(F)cc2)CC1)C1CC1. The summed E-state index contributed by atoms with van der Waals surface area (Å²) in [5.74, 6) is 0.168. The van der Waals surface area contributed by atoms with E-state index in [1.54, 1.807) is 0 Å². The van der Waals surface area contributed by atoms with Crippen LogP contribution in [0.2, 0.25) is 0 Å². The molecule has 1 aliphatic carbocycles. The molecular formula is C16H21FN4. The van der Waals surface area contributed by atoms with Gasteiger partial charge in [0, 0.05) is 38.4 Å². The Morgan fingerprint density at radius 2 is 1.81 bits per heavy atom. The second kappa shape index (κ2) is 5.63. The lowest BCUT2D eigenvalue weighted by molar-refractivity contribution is 0.210. The summed E-state index contributed by atoms with van der Waals surface area (Å²) < 4.78 is 13.0. The van der Waals surface area contributed by atoms with Crippen molar-refractivity contribution in [3.8, 4) is 6.07 Å². The fraction of sp³-hybridized carbons (Fsp3) is 0.562. The minimum atomic E-state index is -0.682. The van der Waals surface area contributed by atoms with Crippen molar-refractivity contribution >= 4 is 5.69 Å². The molecule has 1 aromatic rings. The van der Waals surface area contributed by atoms with Crippen molar-refractivity contribution in [2.45, 2.75) is 18.4 Å². The van der Waals surface area contributed by atoms with Gasteiger partial charge in [-0.15, -0.1) is 0 Å². The smallest absolute Gasteiger partial charge is 0.123 e. The minimum absolute atomic E-state index is 0.205. The quantitative estimate of drug-likeness (QED) is 0.914. The fourth-order valence-corrected chi connectivity index (χ4v) is 3.04. The number of nitrogens with two attached hydrogens (primary N) is 1. The van der Waals surface area contributed by atoms with Gasteiger partial charge >= 0.3 is 0 Å². The monoisotopic (exact) mass is 288 g/mol. The summed E-state index contributed by atoms with van der Waals surface area (Å²) in [6.45, 7) is 4.22. The van der Waals surface area contributed by atoms with Gasteiger partial charge in [0.25, 0.3) is 0 Å². The van der Waals surface area contributed by atoms with Crippen molar-refractivity contribution in [3.63, 3.8) is 0 Å². The van der Waals surface area contributed by atoms with Gasteiger partial charge in [-0.3, -0.25) is 4.90 Å². The van der Waals surface area contributed by atoms with Crippen molar-refractivity contribution in [1.29, 1.82) is 5.26 Å². The Labute approximate surface area is 124 Å². The lowest BCUT2D eigenvalue weighted by Crippen LogP contribution is -2.56. The molecule has 1 saturated heterocycles. The Kier molecular flexibility index (Phi) is 3.83. The molecule has 0 bridgehead atoms. The molecule has 1 aromatic carbocycles. The van der Waals surface area contributed by atoms with Crippen LogP contribution in [0.15, 0.2) is 24.3 Å². The van der Waals surface area contributed by atoms with E-state index < -0.39 is 5.54 Å². The van der Waals surface area contributed by atoms with E-state index in [9.17, 15) is 9.65 Å². The number of rotatable bonds is 4. The van der Waals surface area contributed by atoms with Crippen LogP contribution in [0.5, 0.6) is 0 Å². The number of benzene rings is 1. The standard InChI is InChI=1S/C16H21FN4/c17-14-3-5-15(6-4-14)21-9-7-20(8-10-21)12-16(19,11-18)13-1-2-13/h3-6,13H,1-2,7-10,12,19H2. The summed E-state index contributed by atoms with van der Waals surface area (Å²) >= 11 is 0. The van der Waals surface area contributed by atoms with E-state index in [1.807, 2.05) is 12.1 Å². The lowest BCUT2D eigenvalue weighted by Gasteiger charge is -2.38. The predicted octanol–water partition coefficient (Wildman–Crippen LogP) is 1.58. The largest absolute Gasteiger partial charge is 0.369 e. The molecule has 1 heterocycles. The van der Waals surface area contributed by atoms with Gasteiger partial charge in [0.05, 0.1) is 6.07 Å². The number of hydrogen-bond donors (Lipinski definition) is 1. The number of nitriles is 1. The Morgan fingerprint density at radius 1 is 1.19 bits per heavy atom. The highest BCUT2D eigenvalue weighted by molar-refractivity contribution is 5.46. The topological polar surface area (TPSA) is 56.3 Å². The number of piperazine rings is 1. The molecule has 0 amide bonds. The van der Waals surface area contributed by atoms with Crippen LogP contribution in [0.4, 0.5) is 10.1 Å². The van der Waals surface area contributed by atoms with E-state index in [1.165, 1.54) is 12.1 Å². The van der Waals surface area contributed by atoms with Crippen LogP contribution in [0.1, 0.15) is 12.8 Å². The first-order chi connectivity index (χ1) is 10.1. The zero-order valence-corrected chi connectivity index (χ0v) is 12.1. The third-order valence-electron chi connectivity index (χ3n) is 4.56. The van der Waals surface area contributed by atoms with Crippen LogP contribution >= 0.6 is 0 Å². The van der Waals surface area contributed by atoms with Gasteiger partial charge < -0.3 is 10.6 Å². The van der Waals surface area contributed by atoms with E-state index >= 15 is 0 Å². The average molecular weight is 288 g/mol. The van der Waals surface area contributed by atoms with Gasteiger partial charge in [-0.1, -0.05) is 0 Å². The first kappa shape index (κ1) is 14.3. The molecule has 0 spiro atoms. The van der Waals surface area contributed by atoms with Gasteiger partial charge in [-0.25, -0.2) is 4.39 Å². The molecule has 2 N–H and O–H groups in total. The van der Waals surface area contributed by atoms with Crippen molar-refractivity contribution in [1.82, 2.24) is 4.90 Å². The van der Waals surface area contributed by atoms with Crippen molar-refractivity contribution in [2.24, 2.45) is 11.7 Å². The summed E-state index contributed by atoms with van der Waals surface area (Å²) in [5, 5.41) is 9.33. The van der Waals surface area contributed by atoms with E-state index in [-0.39, 0.29) is 5.82 Å². The molecule has 4 nitrogen and oxygen atoms in total. The fourth-order valence-electron chi connectivity index (χ4n) is 3.04. The Balaban J connectivity index is 1.55. The third-order valence-corrected chi connectivity index (χ3v) is 4.56. The van der Waals surface area contributed by atoms with Gasteiger partial charge in [-0.2, -0.15) is 5.26 Å². The maximum absolute atomic E-state index is 13.0. The van der Waals surface area contributed by atoms with E-state index in [0.717, 1.165) is 44.7 Å². The molecular weight excluding hydrogens is 267 g/mol. The van der Waals surface area contributed by atoms with Crippen LogP contribution in [-0.4, -0.2) is 43.2 Å². The molecule has 3 rings (SSSR count). The summed E-state index contributed by atoms with van der Waals surface area (Å²) in [6.07, 6.45) is 2.17. The van der Waals surface area contributed by atoms with Gasteiger partial charge in [0.15, 0.2) is 0 Å². The normalized spacial score (nSPS) is 22.6. The van der Waals surface area contributed by atoms with Gasteiger partial charge in [-0.05, 0) is 43.0 Å². The highest BCUT2D eigenvalue weighted by atomic mass is 19.1. The number of anilines is 1. The van der Waals surface area contributed by atoms with E-state index in [4.69, 9.17) is 5.73 Å². The van der Waals surface area contributed by atoms with E-state index in [2.05, 4.69) is 15.9 Å². The molecule has 0 aromatic heterocycles. The Hall–Kier alpha value is -1.64. The first-order valence-corrected chi connectivity index (χ1v) is 7.54. The zero-order chi connectivity index (χ0) is 14.9. The Bertz CT molecular complexity index is 526. The summed E-state index contributed by atoms with van der Waals surface area (Å²) in [6, 6.07) is 8.94. The number of halogens is 1. The Morgan fingerprint density at radius 3 is 2.33 bits per heavy atom. The molecule has 112 valence electrons. The highest BCUT2D eigenvalue weighted by Crippen LogP contribution is 2.38. The molecule has 1 unspecified atom stereocenters. The van der Waals surface area contributed by atoms with Crippen LogP contribution in [0.25, 0.3) is 0 Å². The maximum Gasteiger partial charge on any atom is 0.123 e. The van der Waals surface area contributed by atoms with Gasteiger partial charge in [0.1, 0.15) is 11.4 Å². The second-order valence-electron chi connectivity index (χ2n) is 6.17. The molecule has 21 heavy (non-hydrogen) atoms. The number of nitrogens with zero attached hydrogens (tertiary/aromatic N) is 3. The maximum atomic E-state index is 13.0. The molecule has 5 heteroatoms. The average Bonchev–Trinajstić information content (AvgIpc) is 3.34. The van der Waals surface area contributed by atoms with Crippen molar-refractivity contribution in [3.05, 3.63) is 30.1 Å². The number of hydrogen-bond acceptors (Lipinski definition) is 4. The van der Waals surface area contributed by atoms with Crippen molar-refractivity contribution in [2.75, 3.05) is 37.6 Å². The van der Waals surface area contributed by atoms with Crippen LogP contribution in [0, 0.1) is 23.1 Å². The van der Waals surface area contributed by atoms with Gasteiger partial charge in [0.2, 0.25) is 0 Å². The molecule has 1 saturated carbocycles. The zero-order valence-electron chi connectivity index (χ0n) is 12.1. The van der Waals surface area contributed by atoms with Crippen LogP contribution < -0.4 is 10.6 Å². The highest BCUT2D eigenvalue weighted by Gasteiger charge is 2.43. The van der Waals surface area contributed by atoms with E-state index in [0.29, 0.717) is 12.5 Å².